The topological polar surface area (TPSA) is 46.9 Å². The van der Waals surface area contributed by atoms with E-state index in [2.05, 4.69) is 10.4 Å². The maximum Gasteiger partial charge on any atom is 0.435 e. The van der Waals surface area contributed by atoms with E-state index in [1.165, 1.54) is 7.05 Å². The van der Waals surface area contributed by atoms with Crippen LogP contribution in [0.25, 0.3) is 0 Å². The number of carbonyl (C=O) groups excluding carboxylic acids is 1. The Morgan fingerprint density at radius 1 is 1.35 bits per heavy atom. The number of rotatable bonds is 2. The molecule has 0 unspecified atom stereocenters. The Balaban J connectivity index is 2.33. The molecule has 20 heavy (non-hydrogen) atoms. The predicted octanol–water partition coefficient (Wildman–Crippen LogP) is 0.950. The number of halogens is 3. The van der Waals surface area contributed by atoms with Gasteiger partial charge in [-0.15, -0.1) is 0 Å². The van der Waals surface area contributed by atoms with Gasteiger partial charge in [-0.2, -0.15) is 18.3 Å². The molecular formula is C12H11BF3N3O. The highest BCUT2D eigenvalue weighted by molar-refractivity contribution is 6.36. The minimum absolute atomic E-state index is 0.467. The molecule has 1 aromatic heterocycles. The molecule has 1 aromatic carbocycles. The van der Waals surface area contributed by atoms with E-state index in [0.29, 0.717) is 5.69 Å². The Hall–Kier alpha value is -2.25. The molecule has 104 valence electrons. The van der Waals surface area contributed by atoms with Gasteiger partial charge in [0.15, 0.2) is 5.69 Å². The number of aryl methyl sites for hydroxylation is 1. The van der Waals surface area contributed by atoms with Crippen LogP contribution in [0.15, 0.2) is 30.5 Å². The molecule has 1 heterocycles. The van der Waals surface area contributed by atoms with Crippen LogP contribution in [-0.4, -0.2) is 23.5 Å². The molecule has 0 aliphatic carbocycles. The molecule has 0 radical (unpaired) electrons. The van der Waals surface area contributed by atoms with Crippen molar-refractivity contribution in [2.24, 2.45) is 7.05 Å². The predicted molar refractivity (Wildman–Crippen MR) is 70.8 cm³/mol. The summed E-state index contributed by atoms with van der Waals surface area (Å²) in [4.78, 5) is 12.0. The maximum absolute atomic E-state index is 12.8. The number of anilines is 1. The first kappa shape index (κ1) is 14.2. The van der Waals surface area contributed by atoms with Gasteiger partial charge < -0.3 is 5.32 Å². The van der Waals surface area contributed by atoms with Crippen LogP contribution >= 0.6 is 0 Å². The quantitative estimate of drug-likeness (QED) is 0.833. The smallest absolute Gasteiger partial charge is 0.322 e. The van der Waals surface area contributed by atoms with Gasteiger partial charge in [0.1, 0.15) is 7.85 Å². The summed E-state index contributed by atoms with van der Waals surface area (Å²) in [5.41, 5.74) is -0.456. The summed E-state index contributed by atoms with van der Waals surface area (Å²) in [5.74, 6) is -0.834. The molecule has 0 aliphatic heterocycles. The first-order valence-electron chi connectivity index (χ1n) is 5.77. The number of nitrogens with one attached hydrogen (secondary N) is 1. The number of benzene rings is 1. The molecule has 0 aliphatic rings. The van der Waals surface area contributed by atoms with E-state index in [-0.39, 0.29) is 0 Å². The van der Waals surface area contributed by atoms with Crippen molar-refractivity contribution in [1.29, 1.82) is 0 Å². The lowest BCUT2D eigenvalue weighted by Gasteiger charge is -2.09. The van der Waals surface area contributed by atoms with Gasteiger partial charge in [0.2, 0.25) is 0 Å². The fraction of sp³-hybridized carbons (Fsp3) is 0.167. The molecule has 0 atom stereocenters. The fourth-order valence-electron chi connectivity index (χ4n) is 1.77. The highest BCUT2D eigenvalue weighted by Crippen LogP contribution is 2.30. The van der Waals surface area contributed by atoms with Gasteiger partial charge in [-0.05, 0) is 6.07 Å². The van der Waals surface area contributed by atoms with Crippen LogP contribution in [0.2, 0.25) is 0 Å². The summed E-state index contributed by atoms with van der Waals surface area (Å²) >= 11 is 0. The zero-order valence-electron chi connectivity index (χ0n) is 10.8. The van der Waals surface area contributed by atoms with Crippen molar-refractivity contribution in [3.63, 3.8) is 0 Å². The van der Waals surface area contributed by atoms with Crippen LogP contribution in [0.3, 0.4) is 0 Å². The highest BCUT2D eigenvalue weighted by Gasteiger charge is 2.39. The maximum atomic E-state index is 12.8. The van der Waals surface area contributed by atoms with E-state index in [0.717, 1.165) is 16.3 Å². The third-order valence-electron chi connectivity index (χ3n) is 2.74. The highest BCUT2D eigenvalue weighted by atomic mass is 19.4. The van der Waals surface area contributed by atoms with Crippen LogP contribution in [0.4, 0.5) is 18.9 Å². The van der Waals surface area contributed by atoms with E-state index < -0.39 is 23.3 Å². The largest absolute Gasteiger partial charge is 0.435 e. The summed E-state index contributed by atoms with van der Waals surface area (Å²) in [6.45, 7) is 0. The van der Waals surface area contributed by atoms with Gasteiger partial charge >= 0.3 is 6.18 Å². The van der Waals surface area contributed by atoms with E-state index in [9.17, 15) is 18.0 Å². The normalized spacial score (nSPS) is 11.4. The van der Waals surface area contributed by atoms with Gasteiger partial charge in [-0.3, -0.25) is 9.48 Å². The van der Waals surface area contributed by atoms with Gasteiger partial charge in [-0.25, -0.2) is 0 Å². The summed E-state index contributed by atoms with van der Waals surface area (Å²) in [5, 5.41) is 5.76. The minimum atomic E-state index is -4.67. The third-order valence-corrected chi connectivity index (χ3v) is 2.74. The number of hydrogen-bond donors (Lipinski definition) is 1. The van der Waals surface area contributed by atoms with Gasteiger partial charge in [-0.1, -0.05) is 23.7 Å². The summed E-state index contributed by atoms with van der Waals surface area (Å²) in [6, 6.07) is 6.84. The number of para-hydroxylation sites is 1. The molecular weight excluding hydrogens is 270 g/mol. The first-order chi connectivity index (χ1) is 9.29. The van der Waals surface area contributed by atoms with E-state index in [1.54, 1.807) is 32.1 Å². The molecule has 0 saturated carbocycles. The Bertz CT molecular complexity index is 652. The van der Waals surface area contributed by atoms with Crippen LogP contribution in [-0.2, 0) is 13.2 Å². The lowest BCUT2D eigenvalue weighted by Crippen LogP contribution is -2.21. The first-order valence-corrected chi connectivity index (χ1v) is 5.77. The lowest BCUT2D eigenvalue weighted by atomic mass is 9.94. The monoisotopic (exact) mass is 281 g/mol. The second kappa shape index (κ2) is 5.03. The zero-order chi connectivity index (χ0) is 14.9. The molecule has 8 heteroatoms. The molecule has 0 spiro atoms. The van der Waals surface area contributed by atoms with Gasteiger partial charge in [0, 0.05) is 18.9 Å². The summed E-state index contributed by atoms with van der Waals surface area (Å²) in [7, 11) is 3.09. The number of amides is 1. The van der Waals surface area contributed by atoms with Crippen LogP contribution < -0.4 is 10.8 Å². The average Bonchev–Trinajstić information content (AvgIpc) is 2.74. The Morgan fingerprint density at radius 2 is 2.00 bits per heavy atom. The molecule has 2 rings (SSSR count). The van der Waals surface area contributed by atoms with Crippen molar-refractivity contribution < 1.29 is 18.0 Å². The third kappa shape index (κ3) is 2.84. The fourth-order valence-corrected chi connectivity index (χ4v) is 1.77. The minimum Gasteiger partial charge on any atom is -0.322 e. The van der Waals surface area contributed by atoms with Crippen molar-refractivity contribution >= 4 is 24.9 Å². The van der Waals surface area contributed by atoms with Gasteiger partial charge in [0.05, 0.1) is 5.56 Å². The van der Waals surface area contributed by atoms with Crippen molar-refractivity contribution in [2.75, 3.05) is 5.32 Å². The van der Waals surface area contributed by atoms with Gasteiger partial charge in [0.25, 0.3) is 5.91 Å². The lowest BCUT2D eigenvalue weighted by molar-refractivity contribution is -0.141. The number of hydrogen-bond acceptors (Lipinski definition) is 2. The van der Waals surface area contributed by atoms with Crippen LogP contribution in [0.1, 0.15) is 16.1 Å². The number of nitrogens with zero attached hydrogens (tertiary/aromatic N) is 2. The van der Waals surface area contributed by atoms with Crippen molar-refractivity contribution in [3.05, 3.63) is 41.7 Å². The Kier molecular flexibility index (Phi) is 3.56. The van der Waals surface area contributed by atoms with E-state index in [4.69, 9.17) is 0 Å². The SMILES string of the molecule is Bc1ccccc1NC(=O)c1cn(C)nc1C(F)(F)F. The summed E-state index contributed by atoms with van der Waals surface area (Å²) in [6.07, 6.45) is -3.61. The Labute approximate surface area is 114 Å². The van der Waals surface area contributed by atoms with E-state index in [1.807, 2.05) is 0 Å². The number of aromatic nitrogens is 2. The molecule has 4 nitrogen and oxygen atoms in total. The molecule has 2 aromatic rings. The number of alkyl halides is 3. The Morgan fingerprint density at radius 3 is 2.60 bits per heavy atom. The standard InChI is InChI=1S/C12H11BF3N3O/c1-19-6-7(10(18-19)12(14,15)16)11(20)17-9-5-3-2-4-8(9)13/h2-6H,13H2,1H3,(H,17,20). The second-order valence-corrected chi connectivity index (χ2v) is 4.33. The van der Waals surface area contributed by atoms with Crippen molar-refractivity contribution in [1.82, 2.24) is 9.78 Å². The van der Waals surface area contributed by atoms with Crippen LogP contribution in [0.5, 0.6) is 0 Å². The molecule has 1 amide bonds. The average molecular weight is 281 g/mol. The molecule has 0 fully saturated rings. The second-order valence-electron chi connectivity index (χ2n) is 4.33. The molecule has 0 saturated heterocycles. The molecule has 1 N–H and O–H groups in total. The summed E-state index contributed by atoms with van der Waals surface area (Å²) < 4.78 is 39.3. The number of carbonyl (C=O) groups is 1. The van der Waals surface area contributed by atoms with E-state index >= 15 is 0 Å². The zero-order valence-corrected chi connectivity index (χ0v) is 10.8. The van der Waals surface area contributed by atoms with Crippen LogP contribution in [0, 0.1) is 0 Å². The van der Waals surface area contributed by atoms with Crippen molar-refractivity contribution in [3.8, 4) is 0 Å². The molecule has 0 bridgehead atoms. The van der Waals surface area contributed by atoms with Crippen molar-refractivity contribution in [2.45, 2.75) is 6.18 Å².